The Balaban J connectivity index is 1.99. The lowest BCUT2D eigenvalue weighted by Crippen LogP contribution is -2.37. The minimum absolute atomic E-state index is 0.224. The van der Waals surface area contributed by atoms with Gasteiger partial charge >= 0.3 is 0 Å². The quantitative estimate of drug-likeness (QED) is 0.845. The van der Waals surface area contributed by atoms with Gasteiger partial charge in [0.2, 0.25) is 0 Å². The zero-order valence-electron chi connectivity index (χ0n) is 13.6. The third-order valence-electron chi connectivity index (χ3n) is 4.28. The minimum atomic E-state index is 0.224. The number of ether oxygens (including phenoxy) is 1. The molecule has 1 fully saturated rings. The summed E-state index contributed by atoms with van der Waals surface area (Å²) in [5, 5.41) is 3.73. The van der Waals surface area contributed by atoms with E-state index >= 15 is 0 Å². The van der Waals surface area contributed by atoms with Gasteiger partial charge in [-0.1, -0.05) is 45.0 Å². The maximum atomic E-state index is 5.34. The van der Waals surface area contributed by atoms with Crippen molar-refractivity contribution in [3.63, 3.8) is 0 Å². The van der Waals surface area contributed by atoms with Crippen LogP contribution in [-0.2, 0) is 10.2 Å². The van der Waals surface area contributed by atoms with Gasteiger partial charge in [0, 0.05) is 19.2 Å². The van der Waals surface area contributed by atoms with Gasteiger partial charge in [0.15, 0.2) is 0 Å². The summed E-state index contributed by atoms with van der Waals surface area (Å²) >= 11 is 0. The fourth-order valence-corrected chi connectivity index (χ4v) is 2.69. The van der Waals surface area contributed by atoms with Crippen LogP contribution in [0.1, 0.15) is 57.7 Å². The van der Waals surface area contributed by atoms with Crippen molar-refractivity contribution in [3.05, 3.63) is 35.4 Å². The molecular formula is C18H29NO. The Bertz CT molecular complexity index is 414. The normalized spacial score (nSPS) is 18.9. The second-order valence-corrected chi connectivity index (χ2v) is 7.16. The number of rotatable bonds is 6. The first-order chi connectivity index (χ1) is 9.41. The molecule has 0 bridgehead atoms. The zero-order valence-corrected chi connectivity index (χ0v) is 13.6. The van der Waals surface area contributed by atoms with E-state index in [1.54, 1.807) is 7.11 Å². The first-order valence-electron chi connectivity index (χ1n) is 7.77. The van der Waals surface area contributed by atoms with Crippen LogP contribution < -0.4 is 5.32 Å². The van der Waals surface area contributed by atoms with E-state index in [1.807, 2.05) is 0 Å². The van der Waals surface area contributed by atoms with Crippen molar-refractivity contribution >= 4 is 0 Å². The lowest BCUT2D eigenvalue weighted by atomic mass is 9.86. The average Bonchev–Trinajstić information content (AvgIpc) is 3.21. The Morgan fingerprint density at radius 2 is 1.80 bits per heavy atom. The van der Waals surface area contributed by atoms with Crippen LogP contribution >= 0.6 is 0 Å². The van der Waals surface area contributed by atoms with Crippen molar-refractivity contribution in [3.8, 4) is 0 Å². The Labute approximate surface area is 123 Å². The number of benzene rings is 1. The van der Waals surface area contributed by atoms with Crippen LogP contribution in [0.2, 0.25) is 0 Å². The van der Waals surface area contributed by atoms with Crippen molar-refractivity contribution in [2.75, 3.05) is 13.7 Å². The fraction of sp³-hybridized carbons (Fsp3) is 0.667. The molecule has 2 heteroatoms. The highest BCUT2D eigenvalue weighted by molar-refractivity contribution is 5.29. The van der Waals surface area contributed by atoms with E-state index in [1.165, 1.54) is 24.0 Å². The van der Waals surface area contributed by atoms with Crippen LogP contribution in [0.25, 0.3) is 0 Å². The molecule has 0 spiro atoms. The molecule has 0 aliphatic heterocycles. The van der Waals surface area contributed by atoms with Crippen LogP contribution in [0.4, 0.5) is 0 Å². The van der Waals surface area contributed by atoms with Gasteiger partial charge in [-0.25, -0.2) is 0 Å². The van der Waals surface area contributed by atoms with Crippen molar-refractivity contribution in [1.29, 1.82) is 0 Å². The van der Waals surface area contributed by atoms with Crippen LogP contribution in [0.15, 0.2) is 24.3 Å². The zero-order chi connectivity index (χ0) is 14.8. The first kappa shape index (κ1) is 15.5. The van der Waals surface area contributed by atoms with E-state index in [0.717, 1.165) is 12.5 Å². The molecule has 1 aliphatic carbocycles. The highest BCUT2D eigenvalue weighted by Gasteiger charge is 2.31. The lowest BCUT2D eigenvalue weighted by molar-refractivity contribution is 0.152. The summed E-state index contributed by atoms with van der Waals surface area (Å²) in [6.07, 6.45) is 2.69. The topological polar surface area (TPSA) is 21.3 Å². The molecule has 1 N–H and O–H groups in total. The number of hydrogen-bond donors (Lipinski definition) is 1. The number of methoxy groups -OCH3 is 1. The van der Waals surface area contributed by atoms with Gasteiger partial charge in [-0.2, -0.15) is 0 Å². The van der Waals surface area contributed by atoms with Crippen LogP contribution in [0, 0.1) is 5.92 Å². The number of nitrogens with one attached hydrogen (secondary N) is 1. The van der Waals surface area contributed by atoms with Crippen LogP contribution in [-0.4, -0.2) is 19.8 Å². The number of hydrogen-bond acceptors (Lipinski definition) is 2. The molecule has 1 aromatic rings. The van der Waals surface area contributed by atoms with E-state index in [4.69, 9.17) is 4.74 Å². The Morgan fingerprint density at radius 1 is 1.20 bits per heavy atom. The summed E-state index contributed by atoms with van der Waals surface area (Å²) in [6.45, 7) is 9.83. The molecule has 20 heavy (non-hydrogen) atoms. The van der Waals surface area contributed by atoms with E-state index in [-0.39, 0.29) is 5.41 Å². The fourth-order valence-electron chi connectivity index (χ4n) is 2.69. The highest BCUT2D eigenvalue weighted by Crippen LogP contribution is 2.34. The summed E-state index contributed by atoms with van der Waals surface area (Å²) in [5.74, 6) is 0.811. The Morgan fingerprint density at radius 3 is 2.25 bits per heavy atom. The second kappa shape index (κ2) is 6.28. The smallest absolute Gasteiger partial charge is 0.0618 e. The molecule has 2 unspecified atom stereocenters. The molecule has 2 nitrogen and oxygen atoms in total. The summed E-state index contributed by atoms with van der Waals surface area (Å²) < 4.78 is 5.34. The van der Waals surface area contributed by atoms with E-state index in [0.29, 0.717) is 12.1 Å². The summed E-state index contributed by atoms with van der Waals surface area (Å²) in [6, 6.07) is 9.91. The van der Waals surface area contributed by atoms with Crippen molar-refractivity contribution < 1.29 is 4.74 Å². The van der Waals surface area contributed by atoms with Crippen molar-refractivity contribution in [2.24, 2.45) is 5.92 Å². The van der Waals surface area contributed by atoms with E-state index < -0.39 is 0 Å². The summed E-state index contributed by atoms with van der Waals surface area (Å²) in [7, 11) is 1.79. The molecule has 2 atom stereocenters. The largest absolute Gasteiger partial charge is 0.383 e. The summed E-state index contributed by atoms with van der Waals surface area (Å²) in [5.41, 5.74) is 2.98. The standard InChI is InChI=1S/C18H29NO/c1-13(19-17(12-20-5)15-6-7-15)14-8-10-16(11-9-14)18(2,3)4/h8-11,13,15,17,19H,6-7,12H2,1-5H3. The maximum absolute atomic E-state index is 5.34. The van der Waals surface area contributed by atoms with E-state index in [9.17, 15) is 0 Å². The predicted molar refractivity (Wildman–Crippen MR) is 85.1 cm³/mol. The monoisotopic (exact) mass is 275 g/mol. The van der Waals surface area contributed by atoms with E-state index in [2.05, 4.69) is 57.3 Å². The van der Waals surface area contributed by atoms with Gasteiger partial charge in [0.05, 0.1) is 6.61 Å². The van der Waals surface area contributed by atoms with Gasteiger partial charge in [-0.05, 0) is 42.2 Å². The van der Waals surface area contributed by atoms with Gasteiger partial charge in [0.25, 0.3) is 0 Å². The lowest BCUT2D eigenvalue weighted by Gasteiger charge is -2.24. The molecule has 1 aliphatic rings. The third-order valence-corrected chi connectivity index (χ3v) is 4.28. The molecule has 0 radical (unpaired) electrons. The molecule has 0 saturated heterocycles. The second-order valence-electron chi connectivity index (χ2n) is 7.16. The Kier molecular flexibility index (Phi) is 4.87. The molecule has 1 saturated carbocycles. The molecule has 112 valence electrons. The van der Waals surface area contributed by atoms with Gasteiger partial charge < -0.3 is 10.1 Å². The molecule has 0 aromatic heterocycles. The third kappa shape index (κ3) is 4.07. The highest BCUT2D eigenvalue weighted by atomic mass is 16.5. The van der Waals surface area contributed by atoms with Crippen LogP contribution in [0.3, 0.4) is 0 Å². The summed E-state index contributed by atoms with van der Waals surface area (Å²) in [4.78, 5) is 0. The predicted octanol–water partition coefficient (Wildman–Crippen LogP) is 4.06. The van der Waals surface area contributed by atoms with Crippen LogP contribution in [0.5, 0.6) is 0 Å². The first-order valence-corrected chi connectivity index (χ1v) is 7.77. The SMILES string of the molecule is COCC(NC(C)c1ccc(C(C)(C)C)cc1)C1CC1. The average molecular weight is 275 g/mol. The molecule has 2 rings (SSSR count). The van der Waals surface area contributed by atoms with Gasteiger partial charge in [-0.3, -0.25) is 0 Å². The van der Waals surface area contributed by atoms with Crippen molar-refractivity contribution in [2.45, 2.75) is 58.0 Å². The maximum Gasteiger partial charge on any atom is 0.0618 e. The Hall–Kier alpha value is -0.860. The minimum Gasteiger partial charge on any atom is -0.383 e. The van der Waals surface area contributed by atoms with Gasteiger partial charge in [-0.15, -0.1) is 0 Å². The van der Waals surface area contributed by atoms with Crippen molar-refractivity contribution in [1.82, 2.24) is 5.32 Å². The molecule has 0 amide bonds. The molecular weight excluding hydrogens is 246 g/mol. The molecule has 0 heterocycles. The molecule has 1 aromatic carbocycles. The van der Waals surface area contributed by atoms with Gasteiger partial charge in [0.1, 0.15) is 0 Å².